The number of nitrogens with one attached hydrogen (secondary N) is 1. The summed E-state index contributed by atoms with van der Waals surface area (Å²) in [6, 6.07) is 10.6. The number of benzene rings is 1. The predicted octanol–water partition coefficient (Wildman–Crippen LogP) is 2.25. The zero-order valence-electron chi connectivity index (χ0n) is 14.8. The van der Waals surface area contributed by atoms with Gasteiger partial charge in [-0.2, -0.15) is 0 Å². The fraction of sp³-hybridized carbons (Fsp3) is 0.316. The second kappa shape index (κ2) is 7.43. The maximum Gasteiger partial charge on any atom is 0.229 e. The van der Waals surface area contributed by atoms with E-state index in [1.54, 1.807) is 54.6 Å². The third kappa shape index (κ3) is 3.93. The minimum Gasteiger partial charge on any atom is -0.467 e. The molecule has 1 aliphatic heterocycles. The van der Waals surface area contributed by atoms with Crippen LogP contribution in [-0.4, -0.2) is 36.2 Å². The Kier molecular flexibility index (Phi) is 5.06. The second-order valence-electron chi connectivity index (χ2n) is 6.37. The molecular formula is C19H21N3O4. The number of hydrogen-bond acceptors (Lipinski definition) is 4. The molecule has 0 bridgehead atoms. The third-order valence-electron chi connectivity index (χ3n) is 4.51. The Labute approximate surface area is 151 Å². The molecule has 1 unspecified atom stereocenters. The maximum atomic E-state index is 12.5. The van der Waals surface area contributed by atoms with Crippen molar-refractivity contribution in [2.24, 2.45) is 5.92 Å². The van der Waals surface area contributed by atoms with Crippen LogP contribution in [0, 0.1) is 5.92 Å². The molecule has 2 aromatic rings. The van der Waals surface area contributed by atoms with E-state index in [0.29, 0.717) is 24.5 Å². The molecule has 1 fully saturated rings. The Bertz CT molecular complexity index is 799. The van der Waals surface area contributed by atoms with Crippen LogP contribution in [0.5, 0.6) is 0 Å². The maximum absolute atomic E-state index is 12.5. The van der Waals surface area contributed by atoms with Gasteiger partial charge in [-0.15, -0.1) is 0 Å². The normalized spacial score (nSPS) is 16.6. The molecule has 1 aromatic carbocycles. The number of carbonyl (C=O) groups excluding carboxylic acids is 3. The van der Waals surface area contributed by atoms with Gasteiger partial charge in [0.25, 0.3) is 0 Å². The van der Waals surface area contributed by atoms with Crippen molar-refractivity contribution >= 4 is 29.1 Å². The fourth-order valence-corrected chi connectivity index (χ4v) is 2.89. The van der Waals surface area contributed by atoms with Gasteiger partial charge in [0.05, 0.1) is 18.7 Å². The van der Waals surface area contributed by atoms with E-state index in [4.69, 9.17) is 4.42 Å². The highest BCUT2D eigenvalue weighted by atomic mass is 16.3. The zero-order valence-corrected chi connectivity index (χ0v) is 14.8. The van der Waals surface area contributed by atoms with Gasteiger partial charge in [-0.1, -0.05) is 0 Å². The molecule has 1 aliphatic rings. The summed E-state index contributed by atoms with van der Waals surface area (Å²) in [6.07, 6.45) is 1.75. The second-order valence-corrected chi connectivity index (χ2v) is 6.37. The molecule has 3 amide bonds. The lowest BCUT2D eigenvalue weighted by atomic mass is 10.1. The lowest BCUT2D eigenvalue weighted by Crippen LogP contribution is -2.28. The van der Waals surface area contributed by atoms with Crippen LogP contribution in [0.3, 0.4) is 0 Å². The van der Waals surface area contributed by atoms with Gasteiger partial charge in [0.15, 0.2) is 0 Å². The number of nitrogens with zero attached hydrogens (tertiary/aromatic N) is 2. The van der Waals surface area contributed by atoms with Crippen LogP contribution in [0.15, 0.2) is 47.1 Å². The molecule has 1 aromatic heterocycles. The summed E-state index contributed by atoms with van der Waals surface area (Å²) in [5, 5.41) is 2.83. The van der Waals surface area contributed by atoms with Gasteiger partial charge < -0.3 is 19.5 Å². The average Bonchev–Trinajstić information content (AvgIpc) is 3.25. The van der Waals surface area contributed by atoms with Crippen LogP contribution in [0.2, 0.25) is 0 Å². The smallest absolute Gasteiger partial charge is 0.229 e. The summed E-state index contributed by atoms with van der Waals surface area (Å²) < 4.78 is 5.26. The molecule has 136 valence electrons. The van der Waals surface area contributed by atoms with Gasteiger partial charge in [0.2, 0.25) is 17.7 Å². The van der Waals surface area contributed by atoms with Crippen LogP contribution in [0.1, 0.15) is 19.1 Å². The highest BCUT2D eigenvalue weighted by Gasteiger charge is 2.34. The molecule has 1 saturated heterocycles. The number of furan rings is 1. The van der Waals surface area contributed by atoms with E-state index in [1.165, 1.54) is 11.8 Å². The minimum absolute atomic E-state index is 0.0556. The van der Waals surface area contributed by atoms with E-state index in [1.807, 2.05) is 0 Å². The van der Waals surface area contributed by atoms with E-state index < -0.39 is 5.92 Å². The van der Waals surface area contributed by atoms with Gasteiger partial charge in [0, 0.05) is 38.3 Å². The molecule has 2 heterocycles. The van der Waals surface area contributed by atoms with Crippen molar-refractivity contribution in [3.8, 4) is 0 Å². The molecule has 0 saturated carbocycles. The number of rotatable bonds is 5. The van der Waals surface area contributed by atoms with E-state index in [9.17, 15) is 14.4 Å². The van der Waals surface area contributed by atoms with Gasteiger partial charge >= 0.3 is 0 Å². The fourth-order valence-electron chi connectivity index (χ4n) is 2.89. The largest absolute Gasteiger partial charge is 0.467 e. The van der Waals surface area contributed by atoms with Crippen molar-refractivity contribution in [2.45, 2.75) is 19.9 Å². The Morgan fingerprint density at radius 2 is 2.00 bits per heavy atom. The highest BCUT2D eigenvalue weighted by Crippen LogP contribution is 2.23. The standard InChI is InChI=1S/C19H21N3O4/c1-13(23)21(2)16-7-5-15(6-8-16)20-19(25)14-10-18(24)22(11-14)12-17-4-3-9-26-17/h3-9,14H,10-12H2,1-2H3,(H,20,25). The first-order chi connectivity index (χ1) is 12.4. The number of hydrogen-bond donors (Lipinski definition) is 1. The van der Waals surface area contributed by atoms with Crippen LogP contribution < -0.4 is 10.2 Å². The number of amides is 3. The predicted molar refractivity (Wildman–Crippen MR) is 96.4 cm³/mol. The summed E-state index contributed by atoms with van der Waals surface area (Å²) in [4.78, 5) is 39.1. The Balaban J connectivity index is 1.58. The Morgan fingerprint density at radius 3 is 2.62 bits per heavy atom. The molecule has 1 N–H and O–H groups in total. The number of anilines is 2. The summed E-state index contributed by atoms with van der Waals surface area (Å²) in [5.74, 6) is -0.00234. The molecule has 0 aliphatic carbocycles. The van der Waals surface area contributed by atoms with E-state index in [2.05, 4.69) is 5.32 Å². The molecule has 1 atom stereocenters. The van der Waals surface area contributed by atoms with Crippen molar-refractivity contribution in [1.29, 1.82) is 0 Å². The number of carbonyl (C=O) groups is 3. The minimum atomic E-state index is -0.392. The SMILES string of the molecule is CC(=O)N(C)c1ccc(NC(=O)C2CC(=O)N(Cc3ccco3)C2)cc1. The summed E-state index contributed by atoms with van der Waals surface area (Å²) >= 11 is 0. The van der Waals surface area contributed by atoms with E-state index in [0.717, 1.165) is 5.69 Å². The average molecular weight is 355 g/mol. The molecule has 0 radical (unpaired) electrons. The van der Waals surface area contributed by atoms with Crippen molar-refractivity contribution in [1.82, 2.24) is 4.90 Å². The van der Waals surface area contributed by atoms with Crippen molar-refractivity contribution in [2.75, 3.05) is 23.8 Å². The topological polar surface area (TPSA) is 82.9 Å². The summed E-state index contributed by atoms with van der Waals surface area (Å²) in [6.45, 7) is 2.24. The van der Waals surface area contributed by atoms with Crippen LogP contribution in [0.25, 0.3) is 0 Å². The summed E-state index contributed by atoms with van der Waals surface area (Å²) in [5.41, 5.74) is 1.38. The van der Waals surface area contributed by atoms with Crippen molar-refractivity contribution in [3.63, 3.8) is 0 Å². The summed E-state index contributed by atoms with van der Waals surface area (Å²) in [7, 11) is 1.69. The van der Waals surface area contributed by atoms with Gasteiger partial charge in [0.1, 0.15) is 5.76 Å². The first-order valence-electron chi connectivity index (χ1n) is 8.39. The molecule has 3 rings (SSSR count). The third-order valence-corrected chi connectivity index (χ3v) is 4.51. The molecular weight excluding hydrogens is 334 g/mol. The Hall–Kier alpha value is -3.09. The lowest BCUT2D eigenvalue weighted by molar-refractivity contribution is -0.128. The molecule has 0 spiro atoms. The van der Waals surface area contributed by atoms with Crippen molar-refractivity contribution < 1.29 is 18.8 Å². The highest BCUT2D eigenvalue weighted by molar-refractivity contribution is 5.97. The molecule has 26 heavy (non-hydrogen) atoms. The monoisotopic (exact) mass is 355 g/mol. The van der Waals surface area contributed by atoms with Crippen LogP contribution in [0.4, 0.5) is 11.4 Å². The van der Waals surface area contributed by atoms with Gasteiger partial charge in [-0.05, 0) is 36.4 Å². The van der Waals surface area contributed by atoms with Gasteiger partial charge in [-0.3, -0.25) is 14.4 Å². The van der Waals surface area contributed by atoms with E-state index in [-0.39, 0.29) is 24.1 Å². The molecule has 7 heteroatoms. The lowest BCUT2D eigenvalue weighted by Gasteiger charge is -2.16. The quantitative estimate of drug-likeness (QED) is 0.892. The van der Waals surface area contributed by atoms with Crippen molar-refractivity contribution in [3.05, 3.63) is 48.4 Å². The van der Waals surface area contributed by atoms with E-state index >= 15 is 0 Å². The first-order valence-corrected chi connectivity index (χ1v) is 8.39. The van der Waals surface area contributed by atoms with Crippen LogP contribution >= 0.6 is 0 Å². The first kappa shape index (κ1) is 17.7. The Morgan fingerprint density at radius 1 is 1.27 bits per heavy atom. The molecule has 7 nitrogen and oxygen atoms in total. The number of likely N-dealkylation sites (tertiary alicyclic amines) is 1. The zero-order chi connectivity index (χ0) is 18.7. The van der Waals surface area contributed by atoms with Crippen LogP contribution in [-0.2, 0) is 20.9 Å². The van der Waals surface area contributed by atoms with Gasteiger partial charge in [-0.25, -0.2) is 0 Å².